The topological polar surface area (TPSA) is 52.3 Å². The number of carbonyl (C=O) groups excluding carboxylic acids is 1. The highest BCUT2D eigenvalue weighted by Crippen LogP contribution is 2.03. The molecule has 78 valence electrons. The third kappa shape index (κ3) is 6.58. The van der Waals surface area contributed by atoms with Crippen LogP contribution in [0.2, 0.25) is 0 Å². The molecule has 2 N–H and O–H groups in total. The molecule has 0 rings (SSSR count). The van der Waals surface area contributed by atoms with Crippen molar-refractivity contribution in [3.63, 3.8) is 0 Å². The zero-order chi connectivity index (χ0) is 10.3. The van der Waals surface area contributed by atoms with Crippen LogP contribution in [0.5, 0.6) is 0 Å². The Balaban J connectivity index is 3.38. The minimum Gasteiger partial charge on any atom is -0.464 e. The largest absolute Gasteiger partial charge is 0.464 e. The lowest BCUT2D eigenvalue weighted by molar-refractivity contribution is -0.148. The molecule has 3 heteroatoms. The molecule has 0 aliphatic heterocycles. The van der Waals surface area contributed by atoms with Gasteiger partial charge in [-0.15, -0.1) is 0 Å². The van der Waals surface area contributed by atoms with Crippen LogP contribution in [0, 0.1) is 0 Å². The van der Waals surface area contributed by atoms with Crippen LogP contribution in [-0.4, -0.2) is 18.1 Å². The van der Waals surface area contributed by atoms with Crippen LogP contribution in [0.15, 0.2) is 0 Å². The Morgan fingerprint density at radius 2 is 1.92 bits per heavy atom. The molecule has 0 fully saturated rings. The Bertz CT molecular complexity index is 149. The lowest BCUT2D eigenvalue weighted by Gasteiger charge is -2.16. The SMILES string of the molecule is CCCCCCOC(=O)C(C)(C)N. The van der Waals surface area contributed by atoms with Crippen molar-refractivity contribution in [2.45, 2.75) is 52.0 Å². The van der Waals surface area contributed by atoms with Crippen molar-refractivity contribution in [3.05, 3.63) is 0 Å². The monoisotopic (exact) mass is 187 g/mol. The summed E-state index contributed by atoms with van der Waals surface area (Å²) in [7, 11) is 0. The molecular formula is C10H21NO2. The average Bonchev–Trinajstić information content (AvgIpc) is 2.02. The van der Waals surface area contributed by atoms with Gasteiger partial charge in [0.05, 0.1) is 6.61 Å². The zero-order valence-electron chi connectivity index (χ0n) is 8.93. The lowest BCUT2D eigenvalue weighted by atomic mass is 10.1. The Kier molecular flexibility index (Phi) is 5.71. The first-order valence-electron chi connectivity index (χ1n) is 4.94. The van der Waals surface area contributed by atoms with Crippen molar-refractivity contribution in [1.29, 1.82) is 0 Å². The van der Waals surface area contributed by atoms with E-state index >= 15 is 0 Å². The van der Waals surface area contributed by atoms with Gasteiger partial charge in [0, 0.05) is 0 Å². The van der Waals surface area contributed by atoms with Gasteiger partial charge in [-0.2, -0.15) is 0 Å². The van der Waals surface area contributed by atoms with E-state index in [9.17, 15) is 4.79 Å². The van der Waals surface area contributed by atoms with Gasteiger partial charge in [0.15, 0.2) is 0 Å². The number of unbranched alkanes of at least 4 members (excludes halogenated alkanes) is 3. The summed E-state index contributed by atoms with van der Waals surface area (Å²) in [4.78, 5) is 11.2. The first kappa shape index (κ1) is 12.4. The maximum atomic E-state index is 11.2. The van der Waals surface area contributed by atoms with Gasteiger partial charge >= 0.3 is 5.97 Å². The highest BCUT2D eigenvalue weighted by atomic mass is 16.5. The first-order valence-corrected chi connectivity index (χ1v) is 4.94. The molecule has 0 aromatic rings. The van der Waals surface area contributed by atoms with Crippen molar-refractivity contribution in [2.24, 2.45) is 5.73 Å². The predicted octanol–water partition coefficient (Wildman–Crippen LogP) is 1.85. The fraction of sp³-hybridized carbons (Fsp3) is 0.900. The van der Waals surface area contributed by atoms with E-state index in [1.165, 1.54) is 12.8 Å². The molecule has 3 nitrogen and oxygen atoms in total. The third-order valence-electron chi connectivity index (χ3n) is 1.76. The molecule has 0 aromatic carbocycles. The summed E-state index contributed by atoms with van der Waals surface area (Å²) < 4.78 is 4.99. The number of nitrogens with two attached hydrogens (primary N) is 1. The maximum absolute atomic E-state index is 11.2. The zero-order valence-corrected chi connectivity index (χ0v) is 8.93. The van der Waals surface area contributed by atoms with Gasteiger partial charge < -0.3 is 10.5 Å². The molecule has 0 spiro atoms. The molecule has 0 bridgehead atoms. The summed E-state index contributed by atoms with van der Waals surface area (Å²) in [5.74, 6) is -0.316. The van der Waals surface area contributed by atoms with Crippen molar-refractivity contribution in [3.8, 4) is 0 Å². The summed E-state index contributed by atoms with van der Waals surface area (Å²) in [5.41, 5.74) is 4.69. The van der Waals surface area contributed by atoms with Crippen molar-refractivity contribution >= 4 is 5.97 Å². The van der Waals surface area contributed by atoms with Crippen molar-refractivity contribution in [1.82, 2.24) is 0 Å². The number of ether oxygens (including phenoxy) is 1. The fourth-order valence-electron chi connectivity index (χ4n) is 0.880. The highest BCUT2D eigenvalue weighted by Gasteiger charge is 2.23. The molecule has 0 unspecified atom stereocenters. The molecule has 0 saturated carbocycles. The van der Waals surface area contributed by atoms with Crippen molar-refractivity contribution in [2.75, 3.05) is 6.61 Å². The number of rotatable bonds is 6. The second-order valence-electron chi connectivity index (χ2n) is 3.92. The van der Waals surface area contributed by atoms with Crippen LogP contribution in [0.4, 0.5) is 0 Å². The number of hydrogen-bond donors (Lipinski definition) is 1. The summed E-state index contributed by atoms with van der Waals surface area (Å²) in [6, 6.07) is 0. The molecular weight excluding hydrogens is 166 g/mol. The Morgan fingerprint density at radius 1 is 1.31 bits per heavy atom. The second kappa shape index (κ2) is 5.97. The van der Waals surface area contributed by atoms with E-state index < -0.39 is 5.54 Å². The van der Waals surface area contributed by atoms with Gasteiger partial charge in [-0.3, -0.25) is 4.79 Å². The van der Waals surface area contributed by atoms with Gasteiger partial charge in [0.25, 0.3) is 0 Å². The molecule has 0 heterocycles. The molecule has 0 atom stereocenters. The summed E-state index contributed by atoms with van der Waals surface area (Å²) in [5, 5.41) is 0. The number of carbonyl (C=O) groups is 1. The third-order valence-corrected chi connectivity index (χ3v) is 1.76. The standard InChI is InChI=1S/C10H21NO2/c1-4-5-6-7-8-13-9(12)10(2,3)11/h4-8,11H2,1-3H3. The van der Waals surface area contributed by atoms with Gasteiger partial charge in [-0.05, 0) is 20.3 Å². The van der Waals surface area contributed by atoms with E-state index in [0.29, 0.717) is 6.61 Å². The molecule has 0 radical (unpaired) electrons. The van der Waals surface area contributed by atoms with E-state index in [1.54, 1.807) is 13.8 Å². The summed E-state index contributed by atoms with van der Waals surface area (Å²) in [6.07, 6.45) is 4.45. The maximum Gasteiger partial charge on any atom is 0.325 e. The van der Waals surface area contributed by atoms with Gasteiger partial charge in [0.1, 0.15) is 5.54 Å². The molecule has 0 amide bonds. The van der Waals surface area contributed by atoms with E-state index in [2.05, 4.69) is 6.92 Å². The predicted molar refractivity (Wildman–Crippen MR) is 53.4 cm³/mol. The molecule has 0 aliphatic carbocycles. The second-order valence-corrected chi connectivity index (χ2v) is 3.92. The van der Waals surface area contributed by atoms with Gasteiger partial charge in [-0.1, -0.05) is 26.2 Å². The quantitative estimate of drug-likeness (QED) is 0.510. The average molecular weight is 187 g/mol. The van der Waals surface area contributed by atoms with E-state index in [0.717, 1.165) is 12.8 Å². The minimum absolute atomic E-state index is 0.316. The van der Waals surface area contributed by atoms with Crippen LogP contribution in [0.1, 0.15) is 46.5 Å². The minimum atomic E-state index is -0.856. The Morgan fingerprint density at radius 3 is 2.38 bits per heavy atom. The molecule has 0 saturated heterocycles. The lowest BCUT2D eigenvalue weighted by Crippen LogP contribution is -2.42. The number of hydrogen-bond acceptors (Lipinski definition) is 3. The van der Waals surface area contributed by atoms with Crippen LogP contribution in [-0.2, 0) is 9.53 Å². The van der Waals surface area contributed by atoms with Gasteiger partial charge in [0.2, 0.25) is 0 Å². The van der Waals surface area contributed by atoms with Crippen molar-refractivity contribution < 1.29 is 9.53 Å². The highest BCUT2D eigenvalue weighted by molar-refractivity contribution is 5.79. The number of esters is 1. The van der Waals surface area contributed by atoms with E-state index in [-0.39, 0.29) is 5.97 Å². The van der Waals surface area contributed by atoms with Crippen LogP contribution >= 0.6 is 0 Å². The van der Waals surface area contributed by atoms with E-state index in [4.69, 9.17) is 10.5 Å². The smallest absolute Gasteiger partial charge is 0.325 e. The van der Waals surface area contributed by atoms with Crippen LogP contribution < -0.4 is 5.73 Å². The molecule has 0 aromatic heterocycles. The molecule has 0 aliphatic rings. The van der Waals surface area contributed by atoms with Crippen LogP contribution in [0.25, 0.3) is 0 Å². The van der Waals surface area contributed by atoms with E-state index in [1.807, 2.05) is 0 Å². The Labute approximate surface area is 80.6 Å². The Hall–Kier alpha value is -0.570. The van der Waals surface area contributed by atoms with Gasteiger partial charge in [-0.25, -0.2) is 0 Å². The normalized spacial score (nSPS) is 11.4. The van der Waals surface area contributed by atoms with Crippen LogP contribution in [0.3, 0.4) is 0 Å². The first-order chi connectivity index (χ1) is 5.98. The summed E-state index contributed by atoms with van der Waals surface area (Å²) >= 11 is 0. The molecule has 13 heavy (non-hydrogen) atoms. The summed E-state index contributed by atoms with van der Waals surface area (Å²) in [6.45, 7) is 5.96. The fourth-order valence-corrected chi connectivity index (χ4v) is 0.880.